The maximum Gasteiger partial charge on any atom is 0.275 e. The van der Waals surface area contributed by atoms with Gasteiger partial charge in [0.2, 0.25) is 0 Å². The van der Waals surface area contributed by atoms with E-state index in [2.05, 4.69) is 10.3 Å². The van der Waals surface area contributed by atoms with E-state index in [1.807, 2.05) is 0 Å². The van der Waals surface area contributed by atoms with Gasteiger partial charge in [0.15, 0.2) is 11.5 Å². The lowest BCUT2D eigenvalue weighted by molar-refractivity contribution is 0.102. The summed E-state index contributed by atoms with van der Waals surface area (Å²) in [6.45, 7) is 0.307. The molecule has 0 atom stereocenters. The molecule has 1 aromatic carbocycles. The molecule has 0 unspecified atom stereocenters. The molecule has 1 heterocycles. The van der Waals surface area contributed by atoms with Crippen molar-refractivity contribution in [1.82, 2.24) is 4.98 Å². The highest BCUT2D eigenvalue weighted by Gasteiger charge is 2.11. The van der Waals surface area contributed by atoms with E-state index in [-0.39, 0.29) is 11.7 Å². The van der Waals surface area contributed by atoms with Crippen LogP contribution in [0.3, 0.4) is 0 Å². The zero-order valence-corrected chi connectivity index (χ0v) is 11.0. The number of hydrogen-bond donors (Lipinski definition) is 3. The molecule has 2 rings (SSSR count). The van der Waals surface area contributed by atoms with Crippen molar-refractivity contribution in [3.8, 4) is 11.5 Å². The molecule has 1 aromatic heterocycles. The topological polar surface area (TPSA) is 97.5 Å². The van der Waals surface area contributed by atoms with Crippen LogP contribution in [0, 0.1) is 0 Å². The number of hydrogen-bond acceptors (Lipinski definition) is 6. The maximum absolute atomic E-state index is 11.9. The van der Waals surface area contributed by atoms with Gasteiger partial charge in [-0.15, -0.1) is 11.3 Å². The van der Waals surface area contributed by atoms with Gasteiger partial charge in [-0.2, -0.15) is 0 Å². The second-order valence-corrected chi connectivity index (χ2v) is 4.61. The fourth-order valence-electron chi connectivity index (χ4n) is 1.47. The van der Waals surface area contributed by atoms with Gasteiger partial charge in [-0.3, -0.25) is 4.79 Å². The van der Waals surface area contributed by atoms with Crippen molar-refractivity contribution in [2.45, 2.75) is 6.54 Å². The molecule has 0 saturated heterocycles. The predicted molar refractivity (Wildman–Crippen MR) is 72.6 cm³/mol. The van der Waals surface area contributed by atoms with E-state index >= 15 is 0 Å². The first kappa shape index (κ1) is 13.3. The van der Waals surface area contributed by atoms with Crippen molar-refractivity contribution < 1.29 is 14.6 Å². The molecule has 1 amide bonds. The first-order valence-corrected chi connectivity index (χ1v) is 6.35. The molecule has 0 aliphatic carbocycles. The highest BCUT2D eigenvalue weighted by Crippen LogP contribution is 2.28. The molecule has 19 heavy (non-hydrogen) atoms. The van der Waals surface area contributed by atoms with Gasteiger partial charge in [0.05, 0.1) is 7.11 Å². The normalized spacial score (nSPS) is 10.2. The van der Waals surface area contributed by atoms with E-state index < -0.39 is 0 Å². The Bertz CT molecular complexity index is 598. The second kappa shape index (κ2) is 5.68. The third-order valence-corrected chi connectivity index (χ3v) is 3.27. The number of benzene rings is 1. The van der Waals surface area contributed by atoms with Crippen molar-refractivity contribution in [3.05, 3.63) is 34.3 Å². The standard InChI is InChI=1S/C12H13N3O3S/c1-18-10-3-2-7(4-9(10)16)14-12(17)8-6-19-11(5-13)15-8/h2-4,6,16H,5,13H2,1H3,(H,14,17). The third-order valence-electron chi connectivity index (χ3n) is 2.40. The Labute approximate surface area is 113 Å². The molecule has 0 aliphatic rings. The summed E-state index contributed by atoms with van der Waals surface area (Å²) in [6.07, 6.45) is 0. The molecular formula is C12H13N3O3S. The van der Waals surface area contributed by atoms with E-state index in [9.17, 15) is 9.90 Å². The number of carbonyl (C=O) groups is 1. The van der Waals surface area contributed by atoms with E-state index in [4.69, 9.17) is 10.5 Å². The van der Waals surface area contributed by atoms with Crippen molar-refractivity contribution in [2.75, 3.05) is 12.4 Å². The number of carbonyl (C=O) groups excluding carboxylic acids is 1. The average Bonchev–Trinajstić information content (AvgIpc) is 2.88. The SMILES string of the molecule is COc1ccc(NC(=O)c2csc(CN)n2)cc1O. The number of methoxy groups -OCH3 is 1. The molecular weight excluding hydrogens is 266 g/mol. The summed E-state index contributed by atoms with van der Waals surface area (Å²) in [5.74, 6) is -0.0428. The molecule has 4 N–H and O–H groups in total. The van der Waals surface area contributed by atoms with Crippen LogP contribution in [0.5, 0.6) is 11.5 Å². The number of aromatic hydroxyl groups is 1. The number of anilines is 1. The molecule has 7 heteroatoms. The Morgan fingerprint density at radius 1 is 1.58 bits per heavy atom. The summed E-state index contributed by atoms with van der Waals surface area (Å²) in [5, 5.41) is 14.6. The molecule has 100 valence electrons. The zero-order chi connectivity index (χ0) is 13.8. The fourth-order valence-corrected chi connectivity index (χ4v) is 2.13. The van der Waals surface area contributed by atoms with Crippen molar-refractivity contribution in [1.29, 1.82) is 0 Å². The summed E-state index contributed by atoms with van der Waals surface area (Å²) in [4.78, 5) is 16.0. The second-order valence-electron chi connectivity index (χ2n) is 3.67. The van der Waals surface area contributed by atoms with Gasteiger partial charge >= 0.3 is 0 Å². The summed E-state index contributed by atoms with van der Waals surface area (Å²) >= 11 is 1.33. The van der Waals surface area contributed by atoms with Gasteiger partial charge < -0.3 is 20.9 Å². The lowest BCUT2D eigenvalue weighted by Crippen LogP contribution is -2.12. The fraction of sp³-hybridized carbons (Fsp3) is 0.167. The zero-order valence-electron chi connectivity index (χ0n) is 10.2. The number of nitrogens with one attached hydrogen (secondary N) is 1. The Morgan fingerprint density at radius 2 is 2.37 bits per heavy atom. The number of amides is 1. The summed E-state index contributed by atoms with van der Waals surface area (Å²) in [7, 11) is 1.46. The van der Waals surface area contributed by atoms with Gasteiger partial charge in [-0.05, 0) is 12.1 Å². The van der Waals surface area contributed by atoms with Gasteiger partial charge in [0.1, 0.15) is 10.7 Å². The third kappa shape index (κ3) is 3.01. The van der Waals surface area contributed by atoms with Crippen LogP contribution in [-0.4, -0.2) is 23.1 Å². The number of thiazole rings is 1. The van der Waals surface area contributed by atoms with Gasteiger partial charge in [-0.1, -0.05) is 0 Å². The monoisotopic (exact) mass is 279 g/mol. The van der Waals surface area contributed by atoms with Crippen LogP contribution < -0.4 is 15.8 Å². The van der Waals surface area contributed by atoms with Crippen LogP contribution in [0.1, 0.15) is 15.5 Å². The smallest absolute Gasteiger partial charge is 0.275 e. The van der Waals surface area contributed by atoms with Gasteiger partial charge in [0, 0.05) is 23.7 Å². The molecule has 0 bridgehead atoms. The number of nitrogens with two attached hydrogens (primary N) is 1. The first-order valence-electron chi connectivity index (χ1n) is 5.47. The molecule has 0 radical (unpaired) electrons. The predicted octanol–water partition coefficient (Wildman–Crippen LogP) is 1.57. The van der Waals surface area contributed by atoms with Crippen LogP contribution in [0.25, 0.3) is 0 Å². The van der Waals surface area contributed by atoms with E-state index in [0.29, 0.717) is 28.7 Å². The Hall–Kier alpha value is -2.12. The largest absolute Gasteiger partial charge is 0.504 e. The number of rotatable bonds is 4. The quantitative estimate of drug-likeness (QED) is 0.789. The van der Waals surface area contributed by atoms with Crippen LogP contribution in [0.4, 0.5) is 5.69 Å². The molecule has 0 spiro atoms. The lowest BCUT2D eigenvalue weighted by atomic mass is 10.2. The first-order chi connectivity index (χ1) is 9.13. The van der Waals surface area contributed by atoms with Crippen LogP contribution >= 0.6 is 11.3 Å². The molecule has 0 fully saturated rings. The molecule has 0 saturated carbocycles. The average molecular weight is 279 g/mol. The summed E-state index contributed by atoms with van der Waals surface area (Å²) in [5.41, 5.74) is 6.21. The Morgan fingerprint density at radius 3 is 2.95 bits per heavy atom. The highest BCUT2D eigenvalue weighted by atomic mass is 32.1. The minimum Gasteiger partial charge on any atom is -0.504 e. The molecule has 0 aliphatic heterocycles. The Balaban J connectivity index is 2.12. The van der Waals surface area contributed by atoms with Gasteiger partial charge in [-0.25, -0.2) is 4.98 Å². The van der Waals surface area contributed by atoms with E-state index in [1.54, 1.807) is 17.5 Å². The van der Waals surface area contributed by atoms with Crippen molar-refractivity contribution in [2.24, 2.45) is 5.73 Å². The molecule has 2 aromatic rings. The number of aromatic nitrogens is 1. The highest BCUT2D eigenvalue weighted by molar-refractivity contribution is 7.09. The number of phenolic OH excluding ortho intramolecular Hbond substituents is 1. The number of nitrogens with zero attached hydrogens (tertiary/aromatic N) is 1. The molecule has 6 nitrogen and oxygen atoms in total. The van der Waals surface area contributed by atoms with Crippen LogP contribution in [-0.2, 0) is 6.54 Å². The van der Waals surface area contributed by atoms with Gasteiger partial charge in [0.25, 0.3) is 5.91 Å². The van der Waals surface area contributed by atoms with Crippen molar-refractivity contribution >= 4 is 22.9 Å². The minimum absolute atomic E-state index is 0.0405. The lowest BCUT2D eigenvalue weighted by Gasteiger charge is -2.06. The summed E-state index contributed by atoms with van der Waals surface area (Å²) in [6, 6.07) is 4.61. The minimum atomic E-state index is -0.347. The van der Waals surface area contributed by atoms with Crippen LogP contribution in [0.2, 0.25) is 0 Å². The summed E-state index contributed by atoms with van der Waals surface area (Å²) < 4.78 is 4.92. The van der Waals surface area contributed by atoms with E-state index in [1.165, 1.54) is 24.5 Å². The number of phenols is 1. The van der Waals surface area contributed by atoms with E-state index in [0.717, 1.165) is 0 Å². The van der Waals surface area contributed by atoms with Crippen molar-refractivity contribution in [3.63, 3.8) is 0 Å². The number of ether oxygens (including phenoxy) is 1. The Kier molecular flexibility index (Phi) is 3.98. The van der Waals surface area contributed by atoms with Crippen LogP contribution in [0.15, 0.2) is 23.6 Å². The maximum atomic E-state index is 11.9.